The van der Waals surface area contributed by atoms with Crippen molar-refractivity contribution in [3.8, 4) is 6.07 Å². The van der Waals surface area contributed by atoms with Crippen LogP contribution in [-0.4, -0.2) is 56.1 Å². The van der Waals surface area contributed by atoms with Crippen LogP contribution in [0.3, 0.4) is 0 Å². The number of likely N-dealkylation sites (N-methyl/N-ethyl adjacent to an activating group) is 1. The number of piperidine rings is 1. The fraction of sp³-hybridized carbons (Fsp3) is 0.471. The molecule has 0 aromatic heterocycles. The fourth-order valence-corrected chi connectivity index (χ4v) is 3.85. The van der Waals surface area contributed by atoms with Gasteiger partial charge < -0.3 is 10.2 Å². The largest absolute Gasteiger partial charge is 0.341 e. The fourth-order valence-electron chi connectivity index (χ4n) is 2.73. The van der Waals surface area contributed by atoms with Crippen LogP contribution in [0.1, 0.15) is 19.8 Å². The van der Waals surface area contributed by atoms with Crippen molar-refractivity contribution in [1.82, 2.24) is 9.21 Å². The molecular weight excluding hydrogens is 356 g/mol. The summed E-state index contributed by atoms with van der Waals surface area (Å²) in [4.78, 5) is 25.0. The molecule has 1 aromatic rings. The molecule has 0 bridgehead atoms. The molecule has 8 nitrogen and oxygen atoms in total. The van der Waals surface area contributed by atoms with E-state index >= 15 is 0 Å². The van der Waals surface area contributed by atoms with Gasteiger partial charge in [0.1, 0.15) is 0 Å². The molecule has 2 rings (SSSR count). The second-order valence-corrected chi connectivity index (χ2v) is 8.30. The molecule has 26 heavy (non-hydrogen) atoms. The lowest BCUT2D eigenvalue weighted by atomic mass is 9.99. The summed E-state index contributed by atoms with van der Waals surface area (Å²) in [7, 11) is -2.45. The number of hydrogen-bond acceptors (Lipinski definition) is 5. The normalized spacial score (nSPS) is 15.5. The Balaban J connectivity index is 2.01. The summed E-state index contributed by atoms with van der Waals surface area (Å²) in [6, 6.07) is 7.97. The van der Waals surface area contributed by atoms with Crippen LogP contribution >= 0.6 is 0 Å². The Morgan fingerprint density at radius 1 is 1.27 bits per heavy atom. The summed E-state index contributed by atoms with van der Waals surface area (Å²) in [5.74, 6) is -0.562. The summed E-state index contributed by atoms with van der Waals surface area (Å²) in [6.07, 6.45) is 1.23. The molecule has 0 saturated carbocycles. The molecule has 0 unspecified atom stereocenters. The van der Waals surface area contributed by atoms with Crippen LogP contribution in [0.25, 0.3) is 0 Å². The van der Waals surface area contributed by atoms with Crippen molar-refractivity contribution in [3.05, 3.63) is 24.3 Å². The van der Waals surface area contributed by atoms with E-state index in [2.05, 4.69) is 11.4 Å². The molecule has 0 spiro atoms. The molecule has 1 saturated heterocycles. The number of benzene rings is 1. The maximum Gasteiger partial charge on any atom is 0.243 e. The van der Waals surface area contributed by atoms with Crippen LogP contribution in [0, 0.1) is 17.2 Å². The van der Waals surface area contributed by atoms with Gasteiger partial charge in [0.05, 0.1) is 17.5 Å². The molecule has 1 fully saturated rings. The quantitative estimate of drug-likeness (QED) is 0.823. The summed E-state index contributed by atoms with van der Waals surface area (Å²) in [6.45, 7) is 2.04. The Kier molecular flexibility index (Phi) is 6.34. The number of hydrogen-bond donors (Lipinski definition) is 1. The van der Waals surface area contributed by atoms with Crippen molar-refractivity contribution in [2.45, 2.75) is 24.7 Å². The third-order valence-electron chi connectivity index (χ3n) is 4.27. The van der Waals surface area contributed by atoms with E-state index in [9.17, 15) is 18.0 Å². The zero-order valence-corrected chi connectivity index (χ0v) is 15.6. The van der Waals surface area contributed by atoms with Gasteiger partial charge in [-0.05, 0) is 37.1 Å². The zero-order valence-electron chi connectivity index (χ0n) is 14.8. The van der Waals surface area contributed by atoms with E-state index in [1.54, 1.807) is 4.90 Å². The van der Waals surface area contributed by atoms with Crippen molar-refractivity contribution < 1.29 is 18.0 Å². The van der Waals surface area contributed by atoms with E-state index in [-0.39, 0.29) is 29.2 Å². The minimum Gasteiger partial charge on any atom is -0.341 e. The second-order valence-electron chi connectivity index (χ2n) is 6.25. The molecule has 0 radical (unpaired) electrons. The molecule has 2 amide bonds. The second kappa shape index (κ2) is 8.29. The molecule has 0 aliphatic carbocycles. The Morgan fingerprint density at radius 2 is 1.85 bits per heavy atom. The molecule has 1 aliphatic heterocycles. The number of rotatable bonds is 5. The highest BCUT2D eigenvalue weighted by Gasteiger charge is 2.27. The van der Waals surface area contributed by atoms with Crippen LogP contribution in [0.15, 0.2) is 29.2 Å². The molecule has 9 heteroatoms. The van der Waals surface area contributed by atoms with Crippen LogP contribution in [0.5, 0.6) is 0 Å². The molecular formula is C17H22N4O4S. The number of anilines is 1. The first kappa shape index (κ1) is 19.9. The number of nitrogens with zero attached hydrogens (tertiary/aromatic N) is 3. The molecule has 1 aliphatic rings. The predicted molar refractivity (Wildman–Crippen MR) is 95.5 cm³/mol. The lowest BCUT2D eigenvalue weighted by Crippen LogP contribution is -2.44. The molecule has 1 aromatic carbocycles. The minimum absolute atomic E-state index is 0.0392. The first-order valence-electron chi connectivity index (χ1n) is 8.25. The predicted octanol–water partition coefficient (Wildman–Crippen LogP) is 1.03. The van der Waals surface area contributed by atoms with E-state index < -0.39 is 10.0 Å². The third kappa shape index (κ3) is 4.80. The lowest BCUT2D eigenvalue weighted by molar-refractivity contribution is -0.132. The molecule has 1 N–H and O–H groups in total. The Hall–Kier alpha value is -2.44. The summed E-state index contributed by atoms with van der Waals surface area (Å²) < 4.78 is 26.2. The van der Waals surface area contributed by atoms with Gasteiger partial charge in [-0.3, -0.25) is 9.59 Å². The molecule has 140 valence electrons. The van der Waals surface area contributed by atoms with Gasteiger partial charge in [-0.2, -0.15) is 9.57 Å². The third-order valence-corrected chi connectivity index (χ3v) is 6.09. The molecule has 1 heterocycles. The highest BCUT2D eigenvalue weighted by atomic mass is 32.2. The van der Waals surface area contributed by atoms with Crippen molar-refractivity contribution >= 4 is 27.5 Å². The number of likely N-dealkylation sites (tertiary alicyclic amines) is 1. The van der Waals surface area contributed by atoms with Crippen molar-refractivity contribution in [2.24, 2.45) is 5.92 Å². The van der Waals surface area contributed by atoms with E-state index in [1.807, 2.05) is 0 Å². The van der Waals surface area contributed by atoms with Gasteiger partial charge in [0.2, 0.25) is 21.8 Å². The van der Waals surface area contributed by atoms with E-state index in [1.165, 1.54) is 38.2 Å². The van der Waals surface area contributed by atoms with E-state index in [4.69, 9.17) is 5.26 Å². The number of nitrogens with one attached hydrogen (secondary N) is 1. The first-order valence-corrected chi connectivity index (χ1v) is 9.69. The smallest absolute Gasteiger partial charge is 0.243 e. The number of nitriles is 1. The maximum atomic E-state index is 12.6. The highest BCUT2D eigenvalue weighted by molar-refractivity contribution is 7.89. The SMILES string of the molecule is CC(=O)Nc1ccc(S(=O)(=O)N(C)CC(=O)N2CCC(C#N)CC2)cc1. The minimum atomic E-state index is -3.81. The average molecular weight is 378 g/mol. The summed E-state index contributed by atoms with van der Waals surface area (Å²) >= 11 is 0. The average Bonchev–Trinajstić information content (AvgIpc) is 2.61. The van der Waals surface area contributed by atoms with Crippen molar-refractivity contribution in [3.63, 3.8) is 0 Å². The maximum absolute atomic E-state index is 12.6. The van der Waals surface area contributed by atoms with Gasteiger partial charge in [-0.15, -0.1) is 0 Å². The van der Waals surface area contributed by atoms with Crippen LogP contribution in [-0.2, 0) is 19.6 Å². The van der Waals surface area contributed by atoms with Crippen molar-refractivity contribution in [1.29, 1.82) is 5.26 Å². The summed E-state index contributed by atoms with van der Waals surface area (Å²) in [5.41, 5.74) is 0.496. The zero-order chi connectivity index (χ0) is 19.3. The van der Waals surface area contributed by atoms with Gasteiger partial charge in [0.15, 0.2) is 0 Å². The molecule has 0 atom stereocenters. The van der Waals surface area contributed by atoms with E-state index in [0.717, 1.165) is 4.31 Å². The van der Waals surface area contributed by atoms with Gasteiger partial charge >= 0.3 is 0 Å². The number of sulfonamides is 1. The van der Waals surface area contributed by atoms with Gasteiger partial charge in [0, 0.05) is 38.7 Å². The van der Waals surface area contributed by atoms with Crippen LogP contribution < -0.4 is 5.32 Å². The van der Waals surface area contributed by atoms with Crippen LogP contribution in [0.2, 0.25) is 0 Å². The van der Waals surface area contributed by atoms with Gasteiger partial charge in [0.25, 0.3) is 0 Å². The Bertz CT molecular complexity index is 806. The van der Waals surface area contributed by atoms with Gasteiger partial charge in [-0.1, -0.05) is 0 Å². The highest BCUT2D eigenvalue weighted by Crippen LogP contribution is 2.19. The topological polar surface area (TPSA) is 111 Å². The van der Waals surface area contributed by atoms with Crippen molar-refractivity contribution in [2.75, 3.05) is 32.0 Å². The number of carbonyl (C=O) groups is 2. The Morgan fingerprint density at radius 3 is 2.35 bits per heavy atom. The Labute approximate surface area is 153 Å². The van der Waals surface area contributed by atoms with Crippen LogP contribution in [0.4, 0.5) is 5.69 Å². The summed E-state index contributed by atoms with van der Waals surface area (Å²) in [5, 5.41) is 11.5. The van der Waals surface area contributed by atoms with E-state index in [0.29, 0.717) is 31.6 Å². The van der Waals surface area contributed by atoms with Gasteiger partial charge in [-0.25, -0.2) is 8.42 Å². The number of amides is 2. The first-order chi connectivity index (χ1) is 12.2. The standard InChI is InChI=1S/C17H22N4O4S/c1-13(22)19-15-3-5-16(6-4-15)26(24,25)20(2)12-17(23)21-9-7-14(11-18)8-10-21/h3-6,14H,7-10,12H2,1-2H3,(H,19,22). The number of carbonyl (C=O) groups excluding carboxylic acids is 2. The lowest BCUT2D eigenvalue weighted by Gasteiger charge is -2.30. The monoisotopic (exact) mass is 378 g/mol.